The van der Waals surface area contributed by atoms with Gasteiger partial charge in [0.2, 0.25) is 0 Å². The number of rotatable bonds is 7. The number of alkyl carbamates (subject to hydrolysis) is 1. The molecule has 178 valence electrons. The van der Waals surface area contributed by atoms with Gasteiger partial charge in [-0.25, -0.2) is 4.79 Å². The summed E-state index contributed by atoms with van der Waals surface area (Å²) in [5, 5.41) is 2.82. The van der Waals surface area contributed by atoms with Gasteiger partial charge in [-0.3, -0.25) is 9.78 Å². The molecule has 1 amide bonds. The van der Waals surface area contributed by atoms with Crippen LogP contribution in [0.25, 0.3) is 11.1 Å². The Kier molecular flexibility index (Phi) is 8.05. The second kappa shape index (κ2) is 11.0. The highest BCUT2D eigenvalue weighted by Crippen LogP contribution is 2.29. The van der Waals surface area contributed by atoms with Crippen LogP contribution in [0.4, 0.5) is 4.79 Å². The molecule has 1 aromatic heterocycles. The highest BCUT2D eigenvalue weighted by Gasteiger charge is 2.24. The number of esters is 1. The van der Waals surface area contributed by atoms with Crippen molar-refractivity contribution in [2.75, 3.05) is 0 Å². The number of hydrogen-bond acceptors (Lipinski definition) is 5. The quantitative estimate of drug-likeness (QED) is 0.433. The number of aromatic nitrogens is 1. The molecule has 6 nitrogen and oxygen atoms in total. The maximum atomic E-state index is 12.7. The number of hydrogen-bond donors (Lipinski definition) is 1. The molecule has 1 heterocycles. The lowest BCUT2D eigenvalue weighted by Crippen LogP contribution is -2.36. The normalized spacial score (nSPS) is 12.0. The van der Waals surface area contributed by atoms with E-state index in [1.165, 1.54) is 0 Å². The Morgan fingerprint density at radius 3 is 2.29 bits per heavy atom. The molecule has 0 aliphatic rings. The van der Waals surface area contributed by atoms with Gasteiger partial charge in [0, 0.05) is 18.0 Å². The Labute approximate surface area is 201 Å². The molecule has 34 heavy (non-hydrogen) atoms. The topological polar surface area (TPSA) is 77.5 Å². The van der Waals surface area contributed by atoms with Gasteiger partial charge in [-0.2, -0.15) is 0 Å². The van der Waals surface area contributed by atoms with E-state index in [1.807, 2.05) is 68.4 Å². The van der Waals surface area contributed by atoms with E-state index in [1.54, 1.807) is 33.2 Å². The lowest BCUT2D eigenvalue weighted by atomic mass is 9.94. The van der Waals surface area contributed by atoms with Crippen LogP contribution in [0.2, 0.25) is 0 Å². The molecular weight excluding hydrogens is 428 g/mol. The third-order valence-electron chi connectivity index (χ3n) is 5.24. The first-order valence-electron chi connectivity index (χ1n) is 11.3. The van der Waals surface area contributed by atoms with Gasteiger partial charge in [0.1, 0.15) is 12.2 Å². The van der Waals surface area contributed by atoms with Crippen LogP contribution in [-0.2, 0) is 20.9 Å². The Hall–Kier alpha value is -3.67. The molecule has 0 fully saturated rings. The smallest absolute Gasteiger partial charge is 0.408 e. The fraction of sp³-hybridized carbons (Fsp3) is 0.321. The molecule has 3 rings (SSSR count). The Balaban J connectivity index is 1.84. The van der Waals surface area contributed by atoms with E-state index in [0.29, 0.717) is 5.56 Å². The van der Waals surface area contributed by atoms with Crippen LogP contribution in [0, 0.1) is 13.8 Å². The van der Waals surface area contributed by atoms with Crippen LogP contribution in [0.1, 0.15) is 55.5 Å². The van der Waals surface area contributed by atoms with Crippen LogP contribution in [0.15, 0.2) is 67.0 Å². The zero-order valence-electron chi connectivity index (χ0n) is 20.4. The summed E-state index contributed by atoms with van der Waals surface area (Å²) in [5.74, 6) is -0.428. The number of nitrogens with zero attached hydrogens (tertiary/aromatic N) is 1. The minimum atomic E-state index is -0.666. The largest absolute Gasteiger partial charge is 0.461 e. The predicted molar refractivity (Wildman–Crippen MR) is 132 cm³/mol. The molecule has 0 aliphatic carbocycles. The third-order valence-corrected chi connectivity index (χ3v) is 5.24. The van der Waals surface area contributed by atoms with Crippen molar-refractivity contribution in [3.8, 4) is 11.1 Å². The molecule has 0 saturated heterocycles. The molecule has 1 unspecified atom stereocenters. The monoisotopic (exact) mass is 460 g/mol. The predicted octanol–water partition coefficient (Wildman–Crippen LogP) is 6.06. The summed E-state index contributed by atoms with van der Waals surface area (Å²) in [4.78, 5) is 29.7. The van der Waals surface area contributed by atoms with E-state index < -0.39 is 23.7 Å². The fourth-order valence-corrected chi connectivity index (χ4v) is 3.72. The van der Waals surface area contributed by atoms with E-state index in [-0.39, 0.29) is 13.0 Å². The lowest BCUT2D eigenvalue weighted by molar-refractivity contribution is -0.145. The van der Waals surface area contributed by atoms with Gasteiger partial charge in [-0.15, -0.1) is 0 Å². The molecule has 0 saturated carbocycles. The van der Waals surface area contributed by atoms with Crippen molar-refractivity contribution < 1.29 is 19.1 Å². The molecular formula is C28H32N2O4. The van der Waals surface area contributed by atoms with Crippen LogP contribution >= 0.6 is 0 Å². The Morgan fingerprint density at radius 2 is 1.65 bits per heavy atom. The molecule has 0 bridgehead atoms. The van der Waals surface area contributed by atoms with Crippen LogP contribution in [-0.4, -0.2) is 22.6 Å². The third kappa shape index (κ3) is 7.17. The first-order valence-corrected chi connectivity index (χ1v) is 11.3. The standard InChI is InChI=1S/C28H32N2O4/c1-19-10-9-11-20(2)26(19)23-14-22(16-29-17-23)24(30-27(32)34-28(3,4)5)15-25(31)33-18-21-12-7-6-8-13-21/h6-14,16-17,24H,15,18H2,1-5H3,(H,30,32). The number of ether oxygens (including phenoxy) is 2. The van der Waals surface area contributed by atoms with Crippen LogP contribution in [0.3, 0.4) is 0 Å². The van der Waals surface area contributed by atoms with E-state index >= 15 is 0 Å². The Bertz CT molecular complexity index is 1120. The van der Waals surface area contributed by atoms with Crippen molar-refractivity contribution in [1.82, 2.24) is 10.3 Å². The highest BCUT2D eigenvalue weighted by molar-refractivity contribution is 5.75. The number of nitrogens with one attached hydrogen (secondary N) is 1. The van der Waals surface area contributed by atoms with Gasteiger partial charge in [0.05, 0.1) is 12.5 Å². The average Bonchev–Trinajstić information content (AvgIpc) is 2.77. The molecule has 0 spiro atoms. The first-order chi connectivity index (χ1) is 16.1. The minimum Gasteiger partial charge on any atom is -0.461 e. The van der Waals surface area contributed by atoms with Gasteiger partial charge < -0.3 is 14.8 Å². The maximum Gasteiger partial charge on any atom is 0.408 e. The molecule has 0 aliphatic heterocycles. The van der Waals surface area contributed by atoms with Gasteiger partial charge in [-0.1, -0.05) is 48.5 Å². The van der Waals surface area contributed by atoms with Crippen molar-refractivity contribution in [2.45, 2.75) is 59.3 Å². The number of carbonyl (C=O) groups is 2. The van der Waals surface area contributed by atoms with Crippen LogP contribution in [0.5, 0.6) is 0 Å². The molecule has 6 heteroatoms. The summed E-state index contributed by atoms with van der Waals surface area (Å²) < 4.78 is 10.9. The molecule has 1 N–H and O–H groups in total. The number of pyridine rings is 1. The summed E-state index contributed by atoms with van der Waals surface area (Å²) in [5.41, 5.74) is 5.17. The molecule has 3 aromatic rings. The number of aryl methyl sites for hydroxylation is 2. The van der Waals surface area contributed by atoms with E-state index in [2.05, 4.69) is 10.3 Å². The molecule has 0 radical (unpaired) electrons. The van der Waals surface area contributed by atoms with Crippen molar-refractivity contribution in [3.05, 3.63) is 89.2 Å². The lowest BCUT2D eigenvalue weighted by Gasteiger charge is -2.24. The fourth-order valence-electron chi connectivity index (χ4n) is 3.72. The summed E-state index contributed by atoms with van der Waals surface area (Å²) in [7, 11) is 0. The highest BCUT2D eigenvalue weighted by atomic mass is 16.6. The van der Waals surface area contributed by atoms with E-state index in [9.17, 15) is 9.59 Å². The van der Waals surface area contributed by atoms with Crippen molar-refractivity contribution >= 4 is 12.1 Å². The zero-order chi connectivity index (χ0) is 24.7. The van der Waals surface area contributed by atoms with Gasteiger partial charge in [0.25, 0.3) is 0 Å². The van der Waals surface area contributed by atoms with Crippen molar-refractivity contribution in [3.63, 3.8) is 0 Å². The molecule has 1 atom stereocenters. The van der Waals surface area contributed by atoms with E-state index in [0.717, 1.165) is 27.8 Å². The second-order valence-corrected chi connectivity index (χ2v) is 9.32. The summed E-state index contributed by atoms with van der Waals surface area (Å²) in [6.45, 7) is 9.63. The van der Waals surface area contributed by atoms with Crippen molar-refractivity contribution in [2.24, 2.45) is 0 Å². The average molecular weight is 461 g/mol. The summed E-state index contributed by atoms with van der Waals surface area (Å²) >= 11 is 0. The second-order valence-electron chi connectivity index (χ2n) is 9.32. The SMILES string of the molecule is Cc1cccc(C)c1-c1cncc(C(CC(=O)OCc2ccccc2)NC(=O)OC(C)(C)C)c1. The van der Waals surface area contributed by atoms with Gasteiger partial charge >= 0.3 is 12.1 Å². The summed E-state index contributed by atoms with van der Waals surface area (Å²) in [6, 6.07) is 16.9. The first kappa shape index (κ1) is 25.0. The summed E-state index contributed by atoms with van der Waals surface area (Å²) in [6.07, 6.45) is 2.79. The number of carbonyl (C=O) groups excluding carboxylic acids is 2. The van der Waals surface area contributed by atoms with Crippen LogP contribution < -0.4 is 5.32 Å². The number of amides is 1. The minimum absolute atomic E-state index is 0.0516. The maximum absolute atomic E-state index is 12.7. The zero-order valence-corrected chi connectivity index (χ0v) is 20.4. The van der Waals surface area contributed by atoms with Gasteiger partial charge in [-0.05, 0) is 68.5 Å². The molecule has 2 aromatic carbocycles. The van der Waals surface area contributed by atoms with E-state index in [4.69, 9.17) is 9.47 Å². The number of benzene rings is 2. The Morgan fingerprint density at radius 1 is 0.971 bits per heavy atom. The van der Waals surface area contributed by atoms with Gasteiger partial charge in [0.15, 0.2) is 0 Å². The van der Waals surface area contributed by atoms with Crippen molar-refractivity contribution in [1.29, 1.82) is 0 Å².